The summed E-state index contributed by atoms with van der Waals surface area (Å²) in [6, 6.07) is 36.5. The third-order valence-electron chi connectivity index (χ3n) is 5.44. The number of carbonyl (C=O) groups is 1. The molecule has 1 nitrogen and oxygen atoms in total. The molecule has 0 aliphatic rings. The summed E-state index contributed by atoms with van der Waals surface area (Å²) in [6.07, 6.45) is 0.624. The van der Waals surface area contributed by atoms with Crippen molar-refractivity contribution in [2.75, 3.05) is 6.16 Å². The summed E-state index contributed by atoms with van der Waals surface area (Å²) in [6.45, 7) is 0. The Morgan fingerprint density at radius 2 is 0.969 bits per heavy atom. The van der Waals surface area contributed by atoms with Gasteiger partial charge in [0.05, 0.1) is 0 Å². The van der Waals surface area contributed by atoms with Crippen molar-refractivity contribution < 1.29 is 17.2 Å². The van der Waals surface area contributed by atoms with Crippen molar-refractivity contribution in [3.05, 3.63) is 125 Å². The fourth-order valence-corrected chi connectivity index (χ4v) is 8.64. The van der Waals surface area contributed by atoms with Gasteiger partial charge in [-0.3, -0.25) is 4.79 Å². The summed E-state index contributed by atoms with van der Waals surface area (Å²) in [7, 11) is -2.21. The van der Waals surface area contributed by atoms with Gasteiger partial charge >= 0.3 is 0 Å². The van der Waals surface area contributed by atoms with Gasteiger partial charge in [-0.1, -0.05) is 83.9 Å². The monoisotopic (exact) mass is 498 g/mol. The Balaban J connectivity index is 0.00000289. The molecule has 0 amide bonds. The van der Waals surface area contributed by atoms with Gasteiger partial charge in [0.2, 0.25) is 0 Å². The number of rotatable bonds is 7. The smallest absolute Gasteiger partial charge is 0.175 e. The molecule has 5 heteroatoms. The Morgan fingerprint density at radius 1 is 0.594 bits per heavy atom. The van der Waals surface area contributed by atoms with Gasteiger partial charge in [-0.05, 0) is 54.1 Å². The van der Waals surface area contributed by atoms with Gasteiger partial charge in [-0.25, -0.2) is 0 Å². The highest BCUT2D eigenvalue weighted by molar-refractivity contribution is 7.96. The molecule has 4 aromatic rings. The standard InChI is InChI=1S/C27H22Cl2OP.ClH/c28-26-17-10-18-27(29)25(26)19-21(30)20-31(22-11-4-1-5-12-22,23-13-6-2-7-14-23)24-15-8-3-9-16-24;/h1-18H,19-20H2;1H/q+1;/p-1. The van der Waals surface area contributed by atoms with Crippen molar-refractivity contribution in [1.29, 1.82) is 0 Å². The minimum Gasteiger partial charge on any atom is -1.00 e. The molecule has 4 rings (SSSR count). The summed E-state index contributed by atoms with van der Waals surface area (Å²) < 4.78 is 0. The highest BCUT2D eigenvalue weighted by Crippen LogP contribution is 2.55. The number of Topliss-reactive ketones (excluding diaryl/α,β-unsaturated/α-hetero) is 1. The lowest BCUT2D eigenvalue weighted by molar-refractivity contribution is -0.116. The fraction of sp³-hybridized carbons (Fsp3) is 0.0741. The second-order valence-corrected chi connectivity index (χ2v) is 11.7. The Labute approximate surface area is 206 Å². The van der Waals surface area contributed by atoms with E-state index in [-0.39, 0.29) is 24.6 Å². The highest BCUT2D eigenvalue weighted by Gasteiger charge is 2.47. The lowest BCUT2D eigenvalue weighted by Crippen LogP contribution is -3.00. The predicted octanol–water partition coefficient (Wildman–Crippen LogP) is 3.10. The zero-order chi connectivity index (χ0) is 21.7. The van der Waals surface area contributed by atoms with Crippen LogP contribution in [0.1, 0.15) is 5.56 Å². The average Bonchev–Trinajstić information content (AvgIpc) is 2.82. The molecule has 4 aromatic carbocycles. The first-order chi connectivity index (χ1) is 15.1. The molecule has 0 aromatic heterocycles. The van der Waals surface area contributed by atoms with Crippen molar-refractivity contribution >= 4 is 52.2 Å². The zero-order valence-electron chi connectivity index (χ0n) is 17.3. The Hall–Kier alpha value is -2.15. The summed E-state index contributed by atoms with van der Waals surface area (Å²) in [5, 5.41) is 4.62. The quantitative estimate of drug-likeness (QED) is 0.357. The van der Waals surface area contributed by atoms with E-state index in [2.05, 4.69) is 36.4 Å². The first-order valence-corrected chi connectivity index (χ1v) is 12.8. The molecule has 0 bridgehead atoms. The molecule has 0 heterocycles. The van der Waals surface area contributed by atoms with Crippen LogP contribution < -0.4 is 28.3 Å². The molecule has 0 radical (unpaired) electrons. The molecule has 0 saturated carbocycles. The van der Waals surface area contributed by atoms with Crippen LogP contribution in [0.25, 0.3) is 0 Å². The largest absolute Gasteiger partial charge is 1.00 e. The lowest BCUT2D eigenvalue weighted by Gasteiger charge is -2.27. The highest BCUT2D eigenvalue weighted by atomic mass is 35.5. The predicted molar refractivity (Wildman–Crippen MR) is 135 cm³/mol. The van der Waals surface area contributed by atoms with Crippen LogP contribution in [0.3, 0.4) is 0 Å². The van der Waals surface area contributed by atoms with Gasteiger partial charge in [0, 0.05) is 16.5 Å². The van der Waals surface area contributed by atoms with Crippen molar-refractivity contribution in [1.82, 2.24) is 0 Å². The second kappa shape index (κ2) is 11.1. The number of hydrogen-bond donors (Lipinski definition) is 0. The van der Waals surface area contributed by atoms with Crippen LogP contribution in [0.4, 0.5) is 0 Å². The number of carbonyl (C=O) groups excluding carboxylic acids is 1. The fourth-order valence-electron chi connectivity index (χ4n) is 3.99. The molecular formula is C27H22Cl3OP. The third-order valence-corrected chi connectivity index (χ3v) is 10.5. The summed E-state index contributed by atoms with van der Waals surface area (Å²) in [5.41, 5.74) is 0.697. The minimum atomic E-state index is -2.21. The first kappa shape index (κ1) is 24.5. The summed E-state index contributed by atoms with van der Waals surface area (Å²) in [5.74, 6) is 0.125. The molecule has 0 saturated heterocycles. The van der Waals surface area contributed by atoms with Gasteiger partial charge in [-0.15, -0.1) is 0 Å². The van der Waals surface area contributed by atoms with Crippen LogP contribution in [0.2, 0.25) is 10.0 Å². The van der Waals surface area contributed by atoms with Crippen LogP contribution in [0.15, 0.2) is 109 Å². The van der Waals surface area contributed by atoms with Crippen molar-refractivity contribution in [2.45, 2.75) is 6.42 Å². The second-order valence-electron chi connectivity index (χ2n) is 7.39. The lowest BCUT2D eigenvalue weighted by atomic mass is 10.1. The van der Waals surface area contributed by atoms with E-state index in [1.54, 1.807) is 18.2 Å². The molecule has 0 spiro atoms. The maximum atomic E-state index is 13.6. The summed E-state index contributed by atoms with van der Waals surface area (Å²) >= 11 is 12.7. The van der Waals surface area contributed by atoms with Crippen LogP contribution in [0.5, 0.6) is 0 Å². The van der Waals surface area contributed by atoms with Crippen LogP contribution >= 0.6 is 30.5 Å². The van der Waals surface area contributed by atoms with Crippen molar-refractivity contribution in [3.8, 4) is 0 Å². The van der Waals surface area contributed by atoms with Gasteiger partial charge in [0.1, 0.15) is 29.3 Å². The molecular weight excluding hydrogens is 478 g/mol. The number of halogens is 3. The maximum absolute atomic E-state index is 13.6. The van der Waals surface area contributed by atoms with Gasteiger partial charge < -0.3 is 12.4 Å². The van der Waals surface area contributed by atoms with E-state index in [1.807, 2.05) is 54.6 Å². The molecule has 0 atom stereocenters. The number of benzene rings is 4. The maximum Gasteiger partial charge on any atom is 0.175 e. The van der Waals surface area contributed by atoms with E-state index >= 15 is 0 Å². The molecule has 0 aliphatic heterocycles. The number of ketones is 1. The Bertz CT molecular complexity index is 1050. The SMILES string of the molecule is O=C(Cc1c(Cl)cccc1Cl)C[P+](c1ccccc1)(c1ccccc1)c1ccccc1.[Cl-]. The van der Waals surface area contributed by atoms with E-state index in [9.17, 15) is 4.79 Å². The molecule has 0 fully saturated rings. The summed E-state index contributed by atoms with van der Waals surface area (Å²) in [4.78, 5) is 13.6. The minimum absolute atomic E-state index is 0. The molecule has 32 heavy (non-hydrogen) atoms. The van der Waals surface area contributed by atoms with E-state index in [0.29, 0.717) is 21.8 Å². The third kappa shape index (κ3) is 5.08. The van der Waals surface area contributed by atoms with Crippen molar-refractivity contribution in [3.63, 3.8) is 0 Å². The number of hydrogen-bond acceptors (Lipinski definition) is 1. The van der Waals surface area contributed by atoms with E-state index in [1.165, 1.54) is 15.9 Å². The van der Waals surface area contributed by atoms with E-state index < -0.39 is 7.26 Å². The molecule has 0 N–H and O–H groups in total. The topological polar surface area (TPSA) is 17.1 Å². The van der Waals surface area contributed by atoms with Gasteiger partial charge in [0.25, 0.3) is 0 Å². The van der Waals surface area contributed by atoms with Gasteiger partial charge in [-0.2, -0.15) is 0 Å². The average molecular weight is 500 g/mol. The molecule has 0 aliphatic carbocycles. The normalized spacial score (nSPS) is 10.9. The van der Waals surface area contributed by atoms with Crippen molar-refractivity contribution in [2.24, 2.45) is 0 Å². The molecule has 0 unspecified atom stereocenters. The van der Waals surface area contributed by atoms with E-state index in [0.717, 1.165) is 0 Å². The Kier molecular flexibility index (Phi) is 8.51. The Morgan fingerprint density at radius 3 is 1.34 bits per heavy atom. The first-order valence-electron chi connectivity index (χ1n) is 10.1. The van der Waals surface area contributed by atoms with Crippen LogP contribution in [-0.2, 0) is 11.2 Å². The zero-order valence-corrected chi connectivity index (χ0v) is 20.5. The van der Waals surface area contributed by atoms with E-state index in [4.69, 9.17) is 23.2 Å². The molecule has 162 valence electrons. The van der Waals surface area contributed by atoms with Crippen LogP contribution in [0, 0.1) is 0 Å². The van der Waals surface area contributed by atoms with Crippen LogP contribution in [-0.4, -0.2) is 11.9 Å². The van der Waals surface area contributed by atoms with Gasteiger partial charge in [0.15, 0.2) is 5.78 Å².